The number of rotatable bonds is 5. The molecule has 1 rings (SSSR count). The third-order valence-corrected chi connectivity index (χ3v) is 2.36. The fraction of sp³-hybridized carbons (Fsp3) is 0.364. The third kappa shape index (κ3) is 2.78. The summed E-state index contributed by atoms with van der Waals surface area (Å²) in [5.41, 5.74) is 0.928. The highest BCUT2D eigenvalue weighted by Crippen LogP contribution is 2.35. The maximum Gasteiger partial charge on any atom is 0.129 e. The molecule has 0 amide bonds. The van der Waals surface area contributed by atoms with Crippen molar-refractivity contribution in [2.45, 2.75) is 0 Å². The van der Waals surface area contributed by atoms with Gasteiger partial charge < -0.3 is 14.2 Å². The van der Waals surface area contributed by atoms with Gasteiger partial charge in [0.1, 0.15) is 17.2 Å². The van der Waals surface area contributed by atoms with Crippen molar-refractivity contribution in [3.8, 4) is 17.2 Å². The molecule has 83 valence electrons. The van der Waals surface area contributed by atoms with Crippen LogP contribution in [0.1, 0.15) is 5.56 Å². The van der Waals surface area contributed by atoms with Crippen molar-refractivity contribution in [2.24, 2.45) is 0 Å². The standard InChI is InChI=1S/C11H14BrO3/c1-13-8-6-10(14-2)9(4-5-12)11(7-8)15-3/h4,6-7H,5H2,1-3H3. The fourth-order valence-corrected chi connectivity index (χ4v) is 1.63. The van der Waals surface area contributed by atoms with Gasteiger partial charge in [0.2, 0.25) is 0 Å². The van der Waals surface area contributed by atoms with E-state index in [0.717, 1.165) is 28.1 Å². The third-order valence-electron chi connectivity index (χ3n) is 2.03. The lowest BCUT2D eigenvalue weighted by atomic mass is 10.1. The lowest BCUT2D eigenvalue weighted by molar-refractivity contribution is 0.372. The van der Waals surface area contributed by atoms with E-state index in [1.165, 1.54) is 0 Å². The van der Waals surface area contributed by atoms with Crippen molar-refractivity contribution in [1.29, 1.82) is 0 Å². The maximum absolute atomic E-state index is 5.27. The molecule has 0 N–H and O–H groups in total. The molecule has 0 unspecified atom stereocenters. The Morgan fingerprint density at radius 2 is 1.60 bits per heavy atom. The Hall–Kier alpha value is -0.900. The molecule has 0 aliphatic rings. The highest BCUT2D eigenvalue weighted by Gasteiger charge is 2.12. The summed E-state index contributed by atoms with van der Waals surface area (Å²) in [5, 5.41) is 0.742. The Morgan fingerprint density at radius 1 is 1.07 bits per heavy atom. The van der Waals surface area contributed by atoms with Gasteiger partial charge in [0, 0.05) is 29.4 Å². The normalized spacial score (nSPS) is 9.87. The zero-order valence-corrected chi connectivity index (χ0v) is 10.6. The fourth-order valence-electron chi connectivity index (χ4n) is 1.31. The van der Waals surface area contributed by atoms with Crippen molar-refractivity contribution >= 4 is 15.9 Å². The highest BCUT2D eigenvalue weighted by molar-refractivity contribution is 9.09. The zero-order chi connectivity index (χ0) is 11.3. The number of ether oxygens (including phenoxy) is 3. The Morgan fingerprint density at radius 3 is 1.93 bits per heavy atom. The lowest BCUT2D eigenvalue weighted by Gasteiger charge is -2.13. The van der Waals surface area contributed by atoms with Crippen LogP contribution in [-0.4, -0.2) is 26.7 Å². The minimum atomic E-state index is 0.718. The van der Waals surface area contributed by atoms with Gasteiger partial charge in [-0.1, -0.05) is 15.9 Å². The van der Waals surface area contributed by atoms with Gasteiger partial charge in [-0.3, -0.25) is 0 Å². The molecule has 0 atom stereocenters. The van der Waals surface area contributed by atoms with Gasteiger partial charge >= 0.3 is 0 Å². The molecular formula is C11H14BrO3. The van der Waals surface area contributed by atoms with E-state index in [1.807, 2.05) is 18.6 Å². The predicted octanol–water partition coefficient (Wildman–Crippen LogP) is 2.66. The van der Waals surface area contributed by atoms with Crippen LogP contribution in [0.4, 0.5) is 0 Å². The second-order valence-corrected chi connectivity index (χ2v) is 3.45. The van der Waals surface area contributed by atoms with Crippen molar-refractivity contribution < 1.29 is 14.2 Å². The molecule has 0 saturated heterocycles. The molecule has 1 radical (unpaired) electrons. The van der Waals surface area contributed by atoms with Gasteiger partial charge in [-0.2, -0.15) is 0 Å². The zero-order valence-electron chi connectivity index (χ0n) is 9.04. The first kappa shape index (κ1) is 12.2. The first-order valence-electron chi connectivity index (χ1n) is 4.46. The molecular weight excluding hydrogens is 260 g/mol. The second kappa shape index (κ2) is 5.85. The number of hydrogen-bond donors (Lipinski definition) is 0. The molecule has 0 fully saturated rings. The van der Waals surface area contributed by atoms with Gasteiger partial charge in [-0.05, 0) is 0 Å². The molecule has 0 aromatic heterocycles. The molecule has 0 aliphatic heterocycles. The van der Waals surface area contributed by atoms with Crippen LogP contribution in [0.5, 0.6) is 17.2 Å². The summed E-state index contributed by atoms with van der Waals surface area (Å²) in [6.45, 7) is 0. The first-order chi connectivity index (χ1) is 7.26. The Kier molecular flexibility index (Phi) is 4.75. The van der Waals surface area contributed by atoms with Crippen molar-refractivity contribution in [2.75, 3.05) is 26.7 Å². The Bertz CT molecular complexity index is 301. The van der Waals surface area contributed by atoms with Gasteiger partial charge in [0.15, 0.2) is 0 Å². The van der Waals surface area contributed by atoms with Crippen LogP contribution in [0.2, 0.25) is 0 Å². The molecule has 0 spiro atoms. The van der Waals surface area contributed by atoms with E-state index in [0.29, 0.717) is 0 Å². The summed E-state index contributed by atoms with van der Waals surface area (Å²) in [5.74, 6) is 2.20. The summed E-state index contributed by atoms with van der Waals surface area (Å²) in [6.07, 6.45) is 1.98. The summed E-state index contributed by atoms with van der Waals surface area (Å²) < 4.78 is 15.7. The minimum absolute atomic E-state index is 0.718. The van der Waals surface area contributed by atoms with Crippen LogP contribution in [0, 0.1) is 6.42 Å². The van der Waals surface area contributed by atoms with E-state index < -0.39 is 0 Å². The summed E-state index contributed by atoms with van der Waals surface area (Å²) in [4.78, 5) is 0. The van der Waals surface area contributed by atoms with Crippen LogP contribution in [-0.2, 0) is 0 Å². The smallest absolute Gasteiger partial charge is 0.129 e. The molecule has 0 heterocycles. The number of halogens is 1. The van der Waals surface area contributed by atoms with Crippen molar-refractivity contribution in [3.63, 3.8) is 0 Å². The Balaban J connectivity index is 3.19. The Labute approximate surface area is 98.5 Å². The topological polar surface area (TPSA) is 27.7 Å². The molecule has 0 aliphatic carbocycles. The number of benzene rings is 1. The number of methoxy groups -OCH3 is 3. The van der Waals surface area contributed by atoms with Crippen molar-refractivity contribution in [1.82, 2.24) is 0 Å². The van der Waals surface area contributed by atoms with Crippen LogP contribution in [0.3, 0.4) is 0 Å². The number of hydrogen-bond acceptors (Lipinski definition) is 3. The second-order valence-electron chi connectivity index (χ2n) is 2.80. The molecule has 1 aromatic carbocycles. The van der Waals surface area contributed by atoms with Crippen LogP contribution in [0.25, 0.3) is 0 Å². The SMILES string of the molecule is COc1cc(OC)c([CH]CBr)c(OC)c1. The van der Waals surface area contributed by atoms with Gasteiger partial charge in [-0.15, -0.1) is 0 Å². The summed E-state index contributed by atoms with van der Waals surface area (Å²) >= 11 is 3.35. The minimum Gasteiger partial charge on any atom is -0.496 e. The molecule has 4 heteroatoms. The van der Waals surface area contributed by atoms with Gasteiger partial charge in [0.05, 0.1) is 21.3 Å². The van der Waals surface area contributed by atoms with Gasteiger partial charge in [0.25, 0.3) is 0 Å². The molecule has 15 heavy (non-hydrogen) atoms. The van der Waals surface area contributed by atoms with Crippen molar-refractivity contribution in [3.05, 3.63) is 24.1 Å². The average Bonchev–Trinajstić information content (AvgIpc) is 2.29. The maximum atomic E-state index is 5.27. The van der Waals surface area contributed by atoms with E-state index in [4.69, 9.17) is 14.2 Å². The van der Waals surface area contributed by atoms with Gasteiger partial charge in [-0.25, -0.2) is 0 Å². The predicted molar refractivity (Wildman–Crippen MR) is 63.3 cm³/mol. The van der Waals surface area contributed by atoms with E-state index in [1.54, 1.807) is 21.3 Å². The van der Waals surface area contributed by atoms with E-state index in [-0.39, 0.29) is 0 Å². The van der Waals surface area contributed by atoms with E-state index >= 15 is 0 Å². The lowest BCUT2D eigenvalue weighted by Crippen LogP contribution is -1.97. The summed E-state index contributed by atoms with van der Waals surface area (Å²) in [6, 6.07) is 3.66. The van der Waals surface area contributed by atoms with E-state index in [9.17, 15) is 0 Å². The first-order valence-corrected chi connectivity index (χ1v) is 5.58. The molecule has 1 aromatic rings. The number of alkyl halides is 1. The molecule has 0 saturated carbocycles. The van der Waals surface area contributed by atoms with Crippen LogP contribution < -0.4 is 14.2 Å². The highest BCUT2D eigenvalue weighted by atomic mass is 79.9. The largest absolute Gasteiger partial charge is 0.496 e. The molecule has 3 nitrogen and oxygen atoms in total. The average molecular weight is 274 g/mol. The quantitative estimate of drug-likeness (QED) is 0.772. The monoisotopic (exact) mass is 273 g/mol. The van der Waals surface area contributed by atoms with Crippen LogP contribution in [0.15, 0.2) is 12.1 Å². The van der Waals surface area contributed by atoms with E-state index in [2.05, 4.69) is 15.9 Å². The molecule has 0 bridgehead atoms. The summed E-state index contributed by atoms with van der Waals surface area (Å²) in [7, 11) is 4.86. The van der Waals surface area contributed by atoms with Crippen LogP contribution >= 0.6 is 15.9 Å².